The van der Waals surface area contributed by atoms with Gasteiger partial charge in [0.1, 0.15) is 17.2 Å². The molecule has 44 heavy (non-hydrogen) atoms. The fourth-order valence-electron chi connectivity index (χ4n) is 4.90. The van der Waals surface area contributed by atoms with E-state index in [1.165, 1.54) is 5.23 Å². The molecule has 12 heteroatoms. The van der Waals surface area contributed by atoms with E-state index in [2.05, 4.69) is 37.5 Å². The summed E-state index contributed by atoms with van der Waals surface area (Å²) in [6.45, 7) is 7.65. The second-order valence-electron chi connectivity index (χ2n) is 10.0. The zero-order chi connectivity index (χ0) is 30.9. The molecule has 3 heterocycles. The summed E-state index contributed by atoms with van der Waals surface area (Å²) in [4.78, 5) is 33.9. The first kappa shape index (κ1) is 31.1. The second kappa shape index (κ2) is 14.9. The van der Waals surface area contributed by atoms with Crippen LogP contribution in [0.1, 0.15) is 66.7 Å². The van der Waals surface area contributed by atoms with E-state index >= 15 is 0 Å². The summed E-state index contributed by atoms with van der Waals surface area (Å²) in [5, 5.41) is 16.1. The maximum Gasteiger partial charge on any atom is 0.230 e. The van der Waals surface area contributed by atoms with Gasteiger partial charge >= 0.3 is 0 Å². The van der Waals surface area contributed by atoms with Crippen molar-refractivity contribution in [3.8, 4) is 22.5 Å². The molecule has 0 aliphatic heterocycles. The van der Waals surface area contributed by atoms with Gasteiger partial charge in [0.15, 0.2) is 5.15 Å². The highest BCUT2D eigenvalue weighted by Gasteiger charge is 2.24. The number of nitrogens with one attached hydrogen (secondary N) is 1. The lowest BCUT2D eigenvalue weighted by Crippen LogP contribution is -2.24. The van der Waals surface area contributed by atoms with Crippen molar-refractivity contribution in [1.29, 1.82) is 0 Å². The van der Waals surface area contributed by atoms with Crippen LogP contribution in [0.3, 0.4) is 0 Å². The number of unbranched alkanes of at least 4 members (excludes halogenated alkanes) is 1. The third-order valence-corrected chi connectivity index (χ3v) is 7.27. The van der Waals surface area contributed by atoms with Crippen LogP contribution >= 0.6 is 11.6 Å². The largest absolute Gasteiger partial charge is 0.319 e. The molecule has 3 aromatic heterocycles. The number of hydrogen-bond donors (Lipinski definition) is 1. The Kier molecular flexibility index (Phi) is 10.6. The molecule has 228 valence electrons. The number of hydroxylamine groups is 2. The molecule has 0 aliphatic rings. The first-order valence-corrected chi connectivity index (χ1v) is 15.1. The van der Waals surface area contributed by atoms with E-state index in [1.807, 2.05) is 73.0 Å². The van der Waals surface area contributed by atoms with E-state index in [0.29, 0.717) is 44.2 Å². The van der Waals surface area contributed by atoms with Crippen molar-refractivity contribution in [3.63, 3.8) is 0 Å². The smallest absolute Gasteiger partial charge is 0.230 e. The average molecular weight is 615 g/mol. The summed E-state index contributed by atoms with van der Waals surface area (Å²) in [5.41, 5.74) is 5.34. The Bertz CT molecular complexity index is 1650. The van der Waals surface area contributed by atoms with Gasteiger partial charge in [-0.3, -0.25) is 19.5 Å². The number of pyridine rings is 1. The minimum Gasteiger partial charge on any atom is -0.319 e. The number of aryl methyl sites for hydroxylation is 1. The Morgan fingerprint density at radius 3 is 2.32 bits per heavy atom. The van der Waals surface area contributed by atoms with Crippen molar-refractivity contribution in [2.24, 2.45) is 0 Å². The van der Waals surface area contributed by atoms with Gasteiger partial charge in [-0.15, -0.1) is 10.2 Å². The van der Waals surface area contributed by atoms with Crippen LogP contribution in [0.2, 0.25) is 5.15 Å². The SMILES string of the molecule is CCCCc1nc(Cl)c(C(=O)c2ccc(CN(OCC)OCC)cn2)n1Cc1ccc(-c2ccccc2-c2nn[nH]n2)cc1. The van der Waals surface area contributed by atoms with Crippen molar-refractivity contribution in [3.05, 3.63) is 100 Å². The molecule has 0 saturated heterocycles. The average Bonchev–Trinajstić information content (AvgIpc) is 3.69. The maximum atomic E-state index is 13.8. The fourth-order valence-corrected chi connectivity index (χ4v) is 5.18. The number of halogens is 1. The lowest BCUT2D eigenvalue weighted by Gasteiger charge is -2.19. The number of hydrogen-bond acceptors (Lipinski definition) is 9. The number of benzene rings is 2. The van der Waals surface area contributed by atoms with E-state index < -0.39 is 0 Å². The minimum atomic E-state index is -0.283. The number of ketones is 1. The van der Waals surface area contributed by atoms with E-state index in [4.69, 9.17) is 21.3 Å². The van der Waals surface area contributed by atoms with Crippen LogP contribution < -0.4 is 0 Å². The van der Waals surface area contributed by atoms with Crippen molar-refractivity contribution in [2.45, 2.75) is 53.1 Å². The van der Waals surface area contributed by atoms with Crippen LogP contribution in [0.15, 0.2) is 66.9 Å². The van der Waals surface area contributed by atoms with Gasteiger partial charge in [0.25, 0.3) is 0 Å². The number of rotatable bonds is 15. The van der Waals surface area contributed by atoms with E-state index in [0.717, 1.165) is 46.5 Å². The first-order chi connectivity index (χ1) is 21.5. The number of imidazole rings is 1. The number of aromatic amines is 1. The molecule has 5 rings (SSSR count). The van der Waals surface area contributed by atoms with Crippen LogP contribution in [0, 0.1) is 0 Å². The van der Waals surface area contributed by atoms with E-state index in [9.17, 15) is 4.79 Å². The molecule has 2 aromatic carbocycles. The fraction of sp³-hybridized carbons (Fsp3) is 0.312. The molecule has 5 aromatic rings. The quantitative estimate of drug-likeness (QED) is 0.110. The molecule has 0 radical (unpaired) electrons. The van der Waals surface area contributed by atoms with Gasteiger partial charge in [-0.05, 0) is 53.8 Å². The third kappa shape index (κ3) is 7.25. The van der Waals surface area contributed by atoms with Gasteiger partial charge in [-0.25, -0.2) is 4.98 Å². The van der Waals surface area contributed by atoms with Crippen molar-refractivity contribution in [2.75, 3.05) is 13.2 Å². The molecule has 0 spiro atoms. The number of H-pyrrole nitrogens is 1. The van der Waals surface area contributed by atoms with Crippen LogP contribution in [-0.2, 0) is 29.2 Å². The molecule has 0 saturated carbocycles. The predicted octanol–water partition coefficient (Wildman–Crippen LogP) is 6.11. The highest BCUT2D eigenvalue weighted by Crippen LogP contribution is 2.30. The number of tetrazole rings is 1. The Hall–Kier alpha value is -4.29. The van der Waals surface area contributed by atoms with E-state index in [-0.39, 0.29) is 16.6 Å². The van der Waals surface area contributed by atoms with Gasteiger partial charge in [0, 0.05) is 24.7 Å². The highest BCUT2D eigenvalue weighted by molar-refractivity contribution is 6.33. The Balaban J connectivity index is 1.41. The molecular weight excluding hydrogens is 580 g/mol. The van der Waals surface area contributed by atoms with Crippen molar-refractivity contribution in [1.82, 2.24) is 40.4 Å². The molecule has 0 amide bonds. The van der Waals surface area contributed by atoms with Crippen LogP contribution in [-0.4, -0.2) is 59.4 Å². The molecule has 0 fully saturated rings. The summed E-state index contributed by atoms with van der Waals surface area (Å²) >= 11 is 6.64. The van der Waals surface area contributed by atoms with Gasteiger partial charge in [-0.1, -0.05) is 84.8 Å². The molecular formula is C32H35ClN8O3. The molecule has 0 unspecified atom stereocenters. The molecule has 0 aliphatic carbocycles. The lowest BCUT2D eigenvalue weighted by molar-refractivity contribution is -0.371. The first-order valence-electron chi connectivity index (χ1n) is 14.7. The zero-order valence-electron chi connectivity index (χ0n) is 25.0. The van der Waals surface area contributed by atoms with Crippen molar-refractivity contribution < 1.29 is 14.5 Å². The standard InChI is InChI=1S/C32H35ClN8O3/c1-4-7-12-28-35-31(33)29(30(42)27-18-15-23(19-34-27)21-41(43-5-2)44-6-3)40(28)20-22-13-16-24(17-14-22)25-10-8-9-11-26(25)32-36-38-39-37-32/h8-11,13-19H,4-7,12,20-21H2,1-3H3,(H,36,37,38,39). The Morgan fingerprint density at radius 2 is 1.68 bits per heavy atom. The molecule has 11 nitrogen and oxygen atoms in total. The zero-order valence-corrected chi connectivity index (χ0v) is 25.8. The third-order valence-electron chi connectivity index (χ3n) is 7.01. The van der Waals surface area contributed by atoms with Crippen LogP contribution in [0.25, 0.3) is 22.5 Å². The van der Waals surface area contributed by atoms with Gasteiger partial charge in [0.05, 0.1) is 19.8 Å². The summed E-state index contributed by atoms with van der Waals surface area (Å²) in [7, 11) is 0. The highest BCUT2D eigenvalue weighted by atomic mass is 35.5. The Morgan fingerprint density at radius 1 is 0.955 bits per heavy atom. The summed E-state index contributed by atoms with van der Waals surface area (Å²) in [6, 6.07) is 19.6. The lowest BCUT2D eigenvalue weighted by atomic mass is 9.98. The predicted molar refractivity (Wildman–Crippen MR) is 166 cm³/mol. The monoisotopic (exact) mass is 614 g/mol. The topological polar surface area (TPSA) is 124 Å². The summed E-state index contributed by atoms with van der Waals surface area (Å²) in [6.07, 6.45) is 4.27. The van der Waals surface area contributed by atoms with Gasteiger partial charge in [-0.2, -0.15) is 5.21 Å². The molecule has 1 N–H and O–H groups in total. The minimum absolute atomic E-state index is 0.177. The molecule has 0 bridgehead atoms. The number of carbonyl (C=O) groups excluding carboxylic acids is 1. The number of carbonyl (C=O) groups is 1. The van der Waals surface area contributed by atoms with Crippen molar-refractivity contribution >= 4 is 17.4 Å². The summed E-state index contributed by atoms with van der Waals surface area (Å²) < 4.78 is 1.92. The van der Waals surface area contributed by atoms with E-state index in [1.54, 1.807) is 12.3 Å². The second-order valence-corrected chi connectivity index (χ2v) is 10.4. The maximum absolute atomic E-state index is 13.8. The molecule has 0 atom stereocenters. The Labute approximate surface area is 261 Å². The van der Waals surface area contributed by atoms with Gasteiger partial charge in [0.2, 0.25) is 11.6 Å². The normalized spacial score (nSPS) is 11.4. The van der Waals surface area contributed by atoms with Gasteiger partial charge < -0.3 is 4.57 Å². The number of nitrogens with zero attached hydrogens (tertiary/aromatic N) is 7. The van der Waals surface area contributed by atoms with Crippen LogP contribution in [0.4, 0.5) is 0 Å². The number of aromatic nitrogens is 7. The summed E-state index contributed by atoms with van der Waals surface area (Å²) in [5.74, 6) is 1.02. The van der Waals surface area contributed by atoms with Crippen LogP contribution in [0.5, 0.6) is 0 Å².